The molecule has 0 fully saturated rings. The van der Waals surface area contributed by atoms with Crippen molar-refractivity contribution in [3.05, 3.63) is 58.8 Å². The average Bonchev–Trinajstić information content (AvgIpc) is 2.70. The summed E-state index contributed by atoms with van der Waals surface area (Å²) in [5.74, 6) is -0.656. The highest BCUT2D eigenvalue weighted by atomic mass is 19.1. The lowest BCUT2D eigenvalue weighted by Crippen LogP contribution is -2.26. The number of halogens is 1. The Hall–Kier alpha value is -2.76. The molecule has 0 aliphatic carbocycles. The fraction of sp³-hybridized carbons (Fsp3) is 0.316. The van der Waals surface area contributed by atoms with Gasteiger partial charge in [-0.3, -0.25) is 9.78 Å². The molecule has 1 aromatic carbocycles. The zero-order chi connectivity index (χ0) is 19.0. The quantitative estimate of drug-likeness (QED) is 0.744. The molecule has 0 aliphatic rings. The van der Waals surface area contributed by atoms with E-state index in [2.05, 4.69) is 4.98 Å². The third-order valence-electron chi connectivity index (χ3n) is 2.69. The minimum Gasteiger partial charge on any atom is -0.428 e. The summed E-state index contributed by atoms with van der Waals surface area (Å²) in [5, 5.41) is 0. The Morgan fingerprint density at radius 2 is 1.68 bits per heavy atom. The molecular weight excluding hydrogens is 325 g/mol. The second kappa shape index (κ2) is 8.92. The maximum absolute atomic E-state index is 13.2. The van der Waals surface area contributed by atoms with E-state index >= 15 is 0 Å². The molecule has 25 heavy (non-hydrogen) atoms. The van der Waals surface area contributed by atoms with Crippen LogP contribution in [0.4, 0.5) is 9.18 Å². The summed E-state index contributed by atoms with van der Waals surface area (Å²) < 4.78 is 23.2. The Morgan fingerprint density at radius 3 is 2.28 bits per heavy atom. The molecular formula is C19H22FNO4. The number of carbonyl (C=O) groups excluding carboxylic acids is 1. The van der Waals surface area contributed by atoms with Gasteiger partial charge in [0.2, 0.25) is 5.43 Å². The van der Waals surface area contributed by atoms with E-state index in [1.54, 1.807) is 20.8 Å². The first-order chi connectivity index (χ1) is 11.7. The number of pyridine rings is 1. The van der Waals surface area contributed by atoms with Crippen LogP contribution in [-0.4, -0.2) is 16.7 Å². The molecule has 0 bridgehead atoms. The van der Waals surface area contributed by atoms with Gasteiger partial charge in [0.1, 0.15) is 11.4 Å². The van der Waals surface area contributed by atoms with E-state index in [-0.39, 0.29) is 5.75 Å². The molecule has 0 aliphatic heterocycles. The lowest BCUT2D eigenvalue weighted by Gasteiger charge is -2.18. The zero-order valence-corrected chi connectivity index (χ0v) is 15.0. The summed E-state index contributed by atoms with van der Waals surface area (Å²) in [6.45, 7) is 9.06. The van der Waals surface area contributed by atoms with Crippen LogP contribution in [-0.2, 0) is 4.74 Å². The van der Waals surface area contributed by atoms with Crippen molar-refractivity contribution in [2.24, 2.45) is 0 Å². The van der Waals surface area contributed by atoms with Crippen LogP contribution in [0.15, 0.2) is 47.5 Å². The Labute approximate surface area is 146 Å². The third-order valence-corrected chi connectivity index (χ3v) is 2.69. The van der Waals surface area contributed by atoms with Crippen LogP contribution in [0.3, 0.4) is 0 Å². The number of nitrogens with zero attached hydrogens (tertiary/aromatic N) is 1. The molecule has 0 saturated carbocycles. The van der Waals surface area contributed by atoms with Gasteiger partial charge in [-0.2, -0.15) is 0 Å². The van der Waals surface area contributed by atoms with Gasteiger partial charge in [-0.15, -0.1) is 0 Å². The van der Waals surface area contributed by atoms with Gasteiger partial charge in [0.15, 0.2) is 5.75 Å². The van der Waals surface area contributed by atoms with Crippen LogP contribution >= 0.6 is 0 Å². The summed E-state index contributed by atoms with van der Waals surface area (Å²) in [6, 6.07) is 6.91. The van der Waals surface area contributed by atoms with Crippen LogP contribution in [0, 0.1) is 5.82 Å². The first-order valence-electron chi connectivity index (χ1n) is 7.91. The van der Waals surface area contributed by atoms with E-state index in [1.165, 1.54) is 36.5 Å². The topological polar surface area (TPSA) is 65.5 Å². The van der Waals surface area contributed by atoms with Crippen LogP contribution in [0.1, 0.15) is 34.6 Å². The lowest BCUT2D eigenvalue weighted by atomic mass is 10.1. The maximum atomic E-state index is 13.2. The van der Waals surface area contributed by atoms with Crippen molar-refractivity contribution in [1.82, 2.24) is 4.98 Å². The second-order valence-electron chi connectivity index (χ2n) is 5.81. The minimum absolute atomic E-state index is 0.171. The number of hydrogen-bond acceptors (Lipinski definition) is 5. The second-order valence-corrected chi connectivity index (χ2v) is 5.81. The molecule has 0 saturated heterocycles. The molecule has 0 unspecified atom stereocenters. The number of ether oxygens (including phenoxy) is 2. The molecule has 0 amide bonds. The molecule has 1 aromatic heterocycles. The van der Waals surface area contributed by atoms with Gasteiger partial charge in [0.05, 0.1) is 6.20 Å². The number of hydrogen-bond donors (Lipinski definition) is 0. The van der Waals surface area contributed by atoms with Crippen molar-refractivity contribution in [3.63, 3.8) is 0 Å². The molecule has 1 heterocycles. The van der Waals surface area contributed by atoms with Crippen molar-refractivity contribution >= 4 is 6.16 Å². The predicted molar refractivity (Wildman–Crippen MR) is 94.1 cm³/mol. The lowest BCUT2D eigenvalue weighted by molar-refractivity contribution is 0.0204. The van der Waals surface area contributed by atoms with Gasteiger partial charge >= 0.3 is 6.16 Å². The molecule has 5 nitrogen and oxygen atoms in total. The highest BCUT2D eigenvalue weighted by molar-refractivity contribution is 5.65. The van der Waals surface area contributed by atoms with Crippen molar-refractivity contribution < 1.29 is 18.7 Å². The van der Waals surface area contributed by atoms with Crippen LogP contribution in [0.5, 0.6) is 5.75 Å². The summed E-state index contributed by atoms with van der Waals surface area (Å²) in [6.07, 6.45) is 1.59. The Morgan fingerprint density at radius 1 is 1.04 bits per heavy atom. The van der Waals surface area contributed by atoms with Crippen molar-refractivity contribution in [2.45, 2.75) is 40.2 Å². The maximum Gasteiger partial charge on any atom is 0.514 e. The van der Waals surface area contributed by atoms with E-state index < -0.39 is 23.0 Å². The summed E-state index contributed by atoms with van der Waals surface area (Å²) in [5.41, 5.74) is -0.154. The molecule has 2 rings (SSSR count). The van der Waals surface area contributed by atoms with Crippen LogP contribution < -0.4 is 10.2 Å². The third kappa shape index (κ3) is 6.71. The first kappa shape index (κ1) is 20.3. The average molecular weight is 347 g/mol. The molecule has 6 heteroatoms. The highest BCUT2D eigenvalue weighted by Crippen LogP contribution is 2.19. The Bertz CT molecular complexity index is 785. The number of aromatic nitrogens is 1. The van der Waals surface area contributed by atoms with E-state index in [0.29, 0.717) is 11.1 Å². The van der Waals surface area contributed by atoms with Crippen molar-refractivity contribution in [2.75, 3.05) is 0 Å². The molecule has 0 N–H and O–H groups in total. The molecule has 0 atom stereocenters. The van der Waals surface area contributed by atoms with Gasteiger partial charge in [0.25, 0.3) is 0 Å². The van der Waals surface area contributed by atoms with E-state index in [4.69, 9.17) is 9.47 Å². The summed E-state index contributed by atoms with van der Waals surface area (Å²) in [4.78, 5) is 27.3. The normalized spacial score (nSPS) is 10.3. The fourth-order valence-electron chi connectivity index (χ4n) is 1.76. The Kier molecular flexibility index (Phi) is 7.23. The van der Waals surface area contributed by atoms with Gasteiger partial charge in [-0.1, -0.05) is 26.0 Å². The standard InChI is InChI=1S/C17H16FNO4.C2H6/c1-17(2,3)23-16(21)22-15-7-5-11(4-6-14(15)20)12-8-13(18)10-19-9-12;1-2/h4-10H,1-3H3;1-2H3. The molecule has 134 valence electrons. The van der Waals surface area contributed by atoms with Crippen molar-refractivity contribution in [3.8, 4) is 16.9 Å². The van der Waals surface area contributed by atoms with Gasteiger partial charge in [-0.05, 0) is 44.5 Å². The largest absolute Gasteiger partial charge is 0.514 e. The van der Waals surface area contributed by atoms with E-state index in [9.17, 15) is 14.0 Å². The first-order valence-corrected chi connectivity index (χ1v) is 7.91. The van der Waals surface area contributed by atoms with E-state index in [1.807, 2.05) is 13.8 Å². The van der Waals surface area contributed by atoms with E-state index in [0.717, 1.165) is 6.20 Å². The van der Waals surface area contributed by atoms with Gasteiger partial charge in [0, 0.05) is 11.8 Å². The van der Waals surface area contributed by atoms with Crippen LogP contribution in [0.25, 0.3) is 11.1 Å². The van der Waals surface area contributed by atoms with Crippen molar-refractivity contribution in [1.29, 1.82) is 0 Å². The van der Waals surface area contributed by atoms with Crippen LogP contribution in [0.2, 0.25) is 0 Å². The molecule has 0 radical (unpaired) electrons. The summed E-state index contributed by atoms with van der Waals surface area (Å²) in [7, 11) is 0. The predicted octanol–water partition coefficient (Wildman–Crippen LogP) is 4.59. The highest BCUT2D eigenvalue weighted by Gasteiger charge is 2.18. The monoisotopic (exact) mass is 347 g/mol. The molecule has 0 spiro atoms. The SMILES string of the molecule is CC.CC(C)(C)OC(=O)Oc1ccc(-c2cncc(F)c2)ccc1=O. The number of carbonyl (C=O) groups is 1. The smallest absolute Gasteiger partial charge is 0.428 e. The van der Waals surface area contributed by atoms with Gasteiger partial charge in [-0.25, -0.2) is 9.18 Å². The zero-order valence-electron chi connectivity index (χ0n) is 15.0. The Balaban J connectivity index is 0.00000151. The van der Waals surface area contributed by atoms with Gasteiger partial charge < -0.3 is 9.47 Å². The summed E-state index contributed by atoms with van der Waals surface area (Å²) >= 11 is 0. The fourth-order valence-corrected chi connectivity index (χ4v) is 1.76. The number of rotatable bonds is 2. The molecule has 2 aromatic rings. The minimum atomic E-state index is -0.963.